The van der Waals surface area contributed by atoms with E-state index in [0.29, 0.717) is 23.3 Å². The van der Waals surface area contributed by atoms with E-state index in [0.717, 1.165) is 19.3 Å². The third-order valence-corrected chi connectivity index (χ3v) is 6.72. The third kappa shape index (κ3) is 3.57. The van der Waals surface area contributed by atoms with E-state index in [1.165, 1.54) is 19.3 Å². The Bertz CT molecular complexity index is 711. The molecule has 27 heavy (non-hydrogen) atoms. The molecule has 6 heteroatoms. The lowest BCUT2D eigenvalue weighted by Crippen LogP contribution is -2.56. The summed E-state index contributed by atoms with van der Waals surface area (Å²) in [7, 11) is 0. The number of carbonyl (C=O) groups is 3. The summed E-state index contributed by atoms with van der Waals surface area (Å²) in [6.45, 7) is 0. The van der Waals surface area contributed by atoms with Crippen LogP contribution in [0.3, 0.4) is 0 Å². The van der Waals surface area contributed by atoms with Crippen LogP contribution in [0.25, 0.3) is 0 Å². The Balaban J connectivity index is 1.35. The molecule has 4 aliphatic rings. The summed E-state index contributed by atoms with van der Waals surface area (Å²) in [4.78, 5) is 36.7. The minimum absolute atomic E-state index is 0.0958. The van der Waals surface area contributed by atoms with E-state index >= 15 is 0 Å². The Morgan fingerprint density at radius 2 is 1.52 bits per heavy atom. The van der Waals surface area contributed by atoms with Crippen LogP contribution in [0, 0.1) is 23.2 Å². The van der Waals surface area contributed by atoms with E-state index < -0.39 is 17.8 Å². The van der Waals surface area contributed by atoms with Crippen LogP contribution in [-0.4, -0.2) is 22.9 Å². The molecule has 0 saturated heterocycles. The predicted molar refractivity (Wildman–Crippen MR) is 98.3 cm³/mol. The fourth-order valence-corrected chi connectivity index (χ4v) is 5.92. The number of carbonyl (C=O) groups excluding carboxylic acids is 2. The lowest BCUT2D eigenvalue weighted by atomic mass is 9.49. The fraction of sp³-hybridized carbons (Fsp3) is 0.571. The Morgan fingerprint density at radius 1 is 0.963 bits per heavy atom. The molecule has 3 N–H and O–H groups in total. The molecular formula is C21H26N2O4. The van der Waals surface area contributed by atoms with Crippen molar-refractivity contribution >= 4 is 17.8 Å². The molecule has 0 radical (unpaired) electrons. The van der Waals surface area contributed by atoms with Gasteiger partial charge in [0.15, 0.2) is 0 Å². The van der Waals surface area contributed by atoms with Crippen LogP contribution in [0.15, 0.2) is 30.3 Å². The second-order valence-electron chi connectivity index (χ2n) is 8.71. The van der Waals surface area contributed by atoms with Crippen LogP contribution in [0.2, 0.25) is 0 Å². The maximum atomic E-state index is 12.8. The summed E-state index contributed by atoms with van der Waals surface area (Å²) >= 11 is 0. The highest BCUT2D eigenvalue weighted by Gasteiger charge is 2.54. The van der Waals surface area contributed by atoms with Crippen molar-refractivity contribution in [1.82, 2.24) is 10.9 Å². The topological polar surface area (TPSA) is 95.5 Å². The molecule has 144 valence electrons. The normalized spacial score (nSPS) is 31.9. The van der Waals surface area contributed by atoms with Crippen LogP contribution in [0.4, 0.5) is 0 Å². The summed E-state index contributed by atoms with van der Waals surface area (Å²) in [5, 5.41) is 9.44. The van der Waals surface area contributed by atoms with Crippen molar-refractivity contribution in [3.63, 3.8) is 0 Å². The van der Waals surface area contributed by atoms with Gasteiger partial charge in [-0.15, -0.1) is 0 Å². The molecule has 5 rings (SSSR count). The van der Waals surface area contributed by atoms with Crippen LogP contribution in [0.1, 0.15) is 56.4 Å². The molecule has 0 spiro atoms. The molecule has 0 unspecified atom stereocenters. The lowest BCUT2D eigenvalue weighted by Gasteiger charge is -2.55. The SMILES string of the molecule is O=C(C[C@@H](C(=O)O)c1ccccc1)NNC(=O)C12CC3CC(CC(C3)C1)C2. The van der Waals surface area contributed by atoms with Gasteiger partial charge in [-0.3, -0.25) is 25.2 Å². The molecule has 4 aliphatic carbocycles. The van der Waals surface area contributed by atoms with Crippen LogP contribution in [0.5, 0.6) is 0 Å². The molecule has 1 atom stereocenters. The number of carboxylic acids is 1. The van der Waals surface area contributed by atoms with Gasteiger partial charge in [0.25, 0.3) is 0 Å². The van der Waals surface area contributed by atoms with Crippen molar-refractivity contribution in [3.8, 4) is 0 Å². The van der Waals surface area contributed by atoms with Crippen molar-refractivity contribution in [3.05, 3.63) is 35.9 Å². The van der Waals surface area contributed by atoms with E-state index in [-0.39, 0.29) is 17.7 Å². The van der Waals surface area contributed by atoms with Crippen molar-refractivity contribution in [2.24, 2.45) is 23.2 Å². The molecule has 1 aromatic rings. The van der Waals surface area contributed by atoms with Crippen molar-refractivity contribution in [2.75, 3.05) is 0 Å². The van der Waals surface area contributed by atoms with Crippen LogP contribution >= 0.6 is 0 Å². The van der Waals surface area contributed by atoms with Crippen molar-refractivity contribution in [2.45, 2.75) is 50.9 Å². The second kappa shape index (κ2) is 6.98. The number of nitrogens with one attached hydrogen (secondary N) is 2. The smallest absolute Gasteiger partial charge is 0.311 e. The minimum Gasteiger partial charge on any atom is -0.481 e. The number of amides is 2. The standard InChI is InChI=1S/C21H26N2O4/c24-18(9-17(19(25)26)16-4-2-1-3-5-16)22-23-20(27)21-10-13-6-14(11-21)8-15(7-13)12-21/h1-5,13-15,17H,6-12H2,(H,22,24)(H,23,27)(H,25,26)/t13?,14?,15?,17-,21?/m1/s1. The van der Waals surface area contributed by atoms with Gasteiger partial charge in [-0.2, -0.15) is 0 Å². The summed E-state index contributed by atoms with van der Waals surface area (Å²) < 4.78 is 0. The number of hydrogen-bond donors (Lipinski definition) is 3. The van der Waals surface area contributed by atoms with E-state index in [4.69, 9.17) is 0 Å². The van der Waals surface area contributed by atoms with Crippen LogP contribution in [-0.2, 0) is 14.4 Å². The Hall–Kier alpha value is -2.37. The van der Waals surface area contributed by atoms with Gasteiger partial charge >= 0.3 is 5.97 Å². The van der Waals surface area contributed by atoms with Gasteiger partial charge in [0.1, 0.15) is 0 Å². The minimum atomic E-state index is -1.05. The summed E-state index contributed by atoms with van der Waals surface area (Å²) in [5.74, 6) is -0.621. The van der Waals surface area contributed by atoms with E-state index in [1.807, 2.05) is 0 Å². The monoisotopic (exact) mass is 370 g/mol. The van der Waals surface area contributed by atoms with Crippen molar-refractivity contribution < 1.29 is 19.5 Å². The zero-order chi connectivity index (χ0) is 19.0. The molecule has 0 aliphatic heterocycles. The highest BCUT2D eigenvalue weighted by Crippen LogP contribution is 2.60. The number of hydrazine groups is 1. The molecule has 1 aromatic carbocycles. The highest BCUT2D eigenvalue weighted by atomic mass is 16.4. The van der Waals surface area contributed by atoms with Gasteiger partial charge in [-0.1, -0.05) is 30.3 Å². The van der Waals surface area contributed by atoms with E-state index in [9.17, 15) is 19.5 Å². The maximum absolute atomic E-state index is 12.8. The molecule has 4 saturated carbocycles. The average Bonchev–Trinajstić information content (AvgIpc) is 2.63. The first-order valence-corrected chi connectivity index (χ1v) is 9.82. The first-order valence-electron chi connectivity index (χ1n) is 9.82. The van der Waals surface area contributed by atoms with Gasteiger partial charge in [0, 0.05) is 6.42 Å². The Morgan fingerprint density at radius 3 is 2.04 bits per heavy atom. The van der Waals surface area contributed by atoms with E-state index in [1.54, 1.807) is 30.3 Å². The quantitative estimate of drug-likeness (QED) is 0.694. The fourth-order valence-electron chi connectivity index (χ4n) is 5.92. The number of hydrogen-bond acceptors (Lipinski definition) is 3. The van der Waals surface area contributed by atoms with Crippen molar-refractivity contribution in [1.29, 1.82) is 0 Å². The maximum Gasteiger partial charge on any atom is 0.311 e. The summed E-state index contributed by atoms with van der Waals surface area (Å²) in [6.07, 6.45) is 6.29. The first kappa shape index (κ1) is 18.0. The third-order valence-electron chi connectivity index (χ3n) is 6.72. The second-order valence-corrected chi connectivity index (χ2v) is 8.71. The highest BCUT2D eigenvalue weighted by molar-refractivity contribution is 5.89. The number of rotatable bonds is 5. The van der Waals surface area contributed by atoms with Gasteiger partial charge < -0.3 is 5.11 Å². The van der Waals surface area contributed by atoms with Gasteiger partial charge in [0.2, 0.25) is 11.8 Å². The Labute approximate surface area is 158 Å². The average molecular weight is 370 g/mol. The molecule has 4 fully saturated rings. The molecule has 0 aromatic heterocycles. The van der Waals surface area contributed by atoms with Gasteiger partial charge in [0.05, 0.1) is 11.3 Å². The number of aliphatic carboxylic acids is 1. The zero-order valence-corrected chi connectivity index (χ0v) is 15.3. The molecule has 4 bridgehead atoms. The zero-order valence-electron chi connectivity index (χ0n) is 15.3. The lowest BCUT2D eigenvalue weighted by molar-refractivity contribution is -0.149. The molecule has 2 amide bonds. The molecule has 0 heterocycles. The van der Waals surface area contributed by atoms with Crippen LogP contribution < -0.4 is 10.9 Å². The molecule has 6 nitrogen and oxygen atoms in total. The first-order chi connectivity index (χ1) is 12.9. The largest absolute Gasteiger partial charge is 0.481 e. The summed E-state index contributed by atoms with van der Waals surface area (Å²) in [5.41, 5.74) is 5.30. The number of benzene rings is 1. The molecular weight excluding hydrogens is 344 g/mol. The summed E-state index contributed by atoms with van der Waals surface area (Å²) in [6, 6.07) is 8.68. The van der Waals surface area contributed by atoms with Gasteiger partial charge in [-0.25, -0.2) is 0 Å². The number of carboxylic acid groups (broad SMARTS) is 1. The van der Waals surface area contributed by atoms with Gasteiger partial charge in [-0.05, 0) is 61.8 Å². The Kier molecular flexibility index (Phi) is 4.66. The van der Waals surface area contributed by atoms with E-state index in [2.05, 4.69) is 10.9 Å². The predicted octanol–water partition coefficient (Wildman–Crippen LogP) is 2.61.